The smallest absolute Gasteiger partial charge is 0.274 e. The van der Waals surface area contributed by atoms with Crippen molar-refractivity contribution < 1.29 is 5.11 Å². The van der Waals surface area contributed by atoms with Gasteiger partial charge in [0.05, 0.1) is 0 Å². The Labute approximate surface area is 90.8 Å². The number of hydrogen-bond acceptors (Lipinski definition) is 2. The van der Waals surface area contributed by atoms with Gasteiger partial charge in [0.1, 0.15) is 11.3 Å². The molecule has 4 nitrogen and oxygen atoms in total. The summed E-state index contributed by atoms with van der Waals surface area (Å²) in [4.78, 5) is 14.9. The summed E-state index contributed by atoms with van der Waals surface area (Å²) >= 11 is 0. The standard InChI is InChI=1S/C12H10N2O2/c1-14-5-4-8-9-6-7(15)2-3-10(9)13-11(8)12(14)16/h2-6,13,15H,1H3. The maximum absolute atomic E-state index is 11.9. The molecule has 0 saturated carbocycles. The van der Waals surface area contributed by atoms with Gasteiger partial charge in [-0.1, -0.05) is 0 Å². The van der Waals surface area contributed by atoms with Gasteiger partial charge in [0.25, 0.3) is 5.56 Å². The summed E-state index contributed by atoms with van der Waals surface area (Å²) in [6.45, 7) is 0. The number of phenolic OH excluding ortho intramolecular Hbond substituents is 1. The zero-order chi connectivity index (χ0) is 11.3. The Morgan fingerprint density at radius 1 is 1.25 bits per heavy atom. The number of hydrogen-bond donors (Lipinski definition) is 2. The van der Waals surface area contributed by atoms with E-state index in [0.717, 1.165) is 16.3 Å². The Hall–Kier alpha value is -2.23. The van der Waals surface area contributed by atoms with Crippen molar-refractivity contribution in [3.8, 4) is 5.75 Å². The van der Waals surface area contributed by atoms with Crippen LogP contribution in [0.3, 0.4) is 0 Å². The van der Waals surface area contributed by atoms with Crippen LogP contribution in [-0.4, -0.2) is 14.7 Å². The van der Waals surface area contributed by atoms with E-state index in [-0.39, 0.29) is 11.3 Å². The van der Waals surface area contributed by atoms with E-state index in [0.29, 0.717) is 5.52 Å². The van der Waals surface area contributed by atoms with Gasteiger partial charge in [0.15, 0.2) is 0 Å². The zero-order valence-corrected chi connectivity index (χ0v) is 8.69. The second-order valence-corrected chi connectivity index (χ2v) is 3.88. The molecule has 0 bridgehead atoms. The first kappa shape index (κ1) is 9.03. The molecule has 3 aromatic rings. The van der Waals surface area contributed by atoms with Crippen LogP contribution in [0, 0.1) is 0 Å². The summed E-state index contributed by atoms with van der Waals surface area (Å²) in [5.41, 5.74) is 1.37. The highest BCUT2D eigenvalue weighted by atomic mass is 16.3. The second kappa shape index (κ2) is 2.88. The summed E-state index contributed by atoms with van der Waals surface area (Å²) in [6.07, 6.45) is 1.72. The molecule has 0 radical (unpaired) electrons. The van der Waals surface area contributed by atoms with Gasteiger partial charge >= 0.3 is 0 Å². The van der Waals surface area contributed by atoms with E-state index in [2.05, 4.69) is 4.98 Å². The third-order valence-corrected chi connectivity index (χ3v) is 2.82. The first-order chi connectivity index (χ1) is 7.66. The first-order valence-corrected chi connectivity index (χ1v) is 4.97. The molecule has 3 rings (SSSR count). The third-order valence-electron chi connectivity index (χ3n) is 2.82. The fourth-order valence-electron chi connectivity index (χ4n) is 1.97. The third kappa shape index (κ3) is 1.07. The molecule has 2 heterocycles. The molecule has 2 aromatic heterocycles. The van der Waals surface area contributed by atoms with Crippen LogP contribution >= 0.6 is 0 Å². The molecule has 0 unspecified atom stereocenters. The maximum Gasteiger partial charge on any atom is 0.274 e. The molecular formula is C12H10N2O2. The van der Waals surface area contributed by atoms with Crippen LogP contribution in [0.2, 0.25) is 0 Å². The molecule has 1 aromatic carbocycles. The predicted molar refractivity (Wildman–Crippen MR) is 62.7 cm³/mol. The van der Waals surface area contributed by atoms with Crippen LogP contribution in [0.25, 0.3) is 21.8 Å². The summed E-state index contributed by atoms with van der Waals surface area (Å²) in [5, 5.41) is 11.1. The fourth-order valence-corrected chi connectivity index (χ4v) is 1.97. The Kier molecular flexibility index (Phi) is 1.63. The Morgan fingerprint density at radius 3 is 2.88 bits per heavy atom. The van der Waals surface area contributed by atoms with Crippen molar-refractivity contribution in [1.29, 1.82) is 0 Å². The van der Waals surface area contributed by atoms with Crippen LogP contribution in [0.5, 0.6) is 5.75 Å². The molecule has 0 spiro atoms. The summed E-state index contributed by atoms with van der Waals surface area (Å²) < 4.78 is 1.53. The van der Waals surface area contributed by atoms with Crippen molar-refractivity contribution in [3.05, 3.63) is 40.8 Å². The van der Waals surface area contributed by atoms with Crippen LogP contribution < -0.4 is 5.56 Å². The molecule has 2 N–H and O–H groups in total. The van der Waals surface area contributed by atoms with Crippen molar-refractivity contribution in [3.63, 3.8) is 0 Å². The van der Waals surface area contributed by atoms with E-state index in [9.17, 15) is 9.90 Å². The highest BCUT2D eigenvalue weighted by Gasteiger charge is 2.08. The van der Waals surface area contributed by atoms with Gasteiger partial charge in [-0.05, 0) is 24.3 Å². The molecule has 80 valence electrons. The van der Waals surface area contributed by atoms with Gasteiger partial charge in [-0.2, -0.15) is 0 Å². The Balaban J connectivity index is 2.61. The Bertz CT molecular complexity index is 753. The predicted octanol–water partition coefficient (Wildman–Crippen LogP) is 1.73. The molecule has 0 fully saturated rings. The number of nitrogens with zero attached hydrogens (tertiary/aromatic N) is 1. The number of rotatable bonds is 0. The Morgan fingerprint density at radius 2 is 2.06 bits per heavy atom. The largest absolute Gasteiger partial charge is 0.508 e. The van der Waals surface area contributed by atoms with Gasteiger partial charge in [0.2, 0.25) is 0 Å². The topological polar surface area (TPSA) is 58.0 Å². The monoisotopic (exact) mass is 214 g/mol. The van der Waals surface area contributed by atoms with E-state index in [1.54, 1.807) is 31.4 Å². The first-order valence-electron chi connectivity index (χ1n) is 4.97. The maximum atomic E-state index is 11.9. The van der Waals surface area contributed by atoms with E-state index in [1.807, 2.05) is 6.07 Å². The van der Waals surface area contributed by atoms with Crippen molar-refractivity contribution in [2.45, 2.75) is 0 Å². The molecule has 0 amide bonds. The number of aromatic amines is 1. The van der Waals surface area contributed by atoms with Crippen molar-refractivity contribution in [1.82, 2.24) is 9.55 Å². The normalized spacial score (nSPS) is 11.3. The van der Waals surface area contributed by atoms with Crippen molar-refractivity contribution >= 4 is 21.8 Å². The molecular weight excluding hydrogens is 204 g/mol. The quantitative estimate of drug-likeness (QED) is 0.598. The van der Waals surface area contributed by atoms with Gasteiger partial charge in [-0.15, -0.1) is 0 Å². The number of aryl methyl sites for hydroxylation is 1. The minimum absolute atomic E-state index is 0.0619. The summed E-state index contributed by atoms with van der Waals surface area (Å²) in [6, 6.07) is 6.90. The average molecular weight is 214 g/mol. The van der Waals surface area contributed by atoms with Crippen LogP contribution in [-0.2, 0) is 7.05 Å². The number of benzene rings is 1. The summed E-state index contributed by atoms with van der Waals surface area (Å²) in [5.74, 6) is 0.203. The van der Waals surface area contributed by atoms with Crippen LogP contribution in [0.1, 0.15) is 0 Å². The number of aromatic nitrogens is 2. The molecule has 0 saturated heterocycles. The molecule has 0 aliphatic carbocycles. The number of nitrogens with one attached hydrogen (secondary N) is 1. The number of phenols is 1. The van der Waals surface area contributed by atoms with Gasteiger partial charge in [-0.3, -0.25) is 4.79 Å². The lowest BCUT2D eigenvalue weighted by atomic mass is 10.2. The van der Waals surface area contributed by atoms with Crippen LogP contribution in [0.4, 0.5) is 0 Å². The number of H-pyrrole nitrogens is 1. The fraction of sp³-hybridized carbons (Fsp3) is 0.0833. The minimum Gasteiger partial charge on any atom is -0.508 e. The SMILES string of the molecule is Cn1ccc2c([nH]c3ccc(O)cc32)c1=O. The lowest BCUT2D eigenvalue weighted by Crippen LogP contribution is -2.15. The number of aromatic hydroxyl groups is 1. The van der Waals surface area contributed by atoms with E-state index >= 15 is 0 Å². The lowest BCUT2D eigenvalue weighted by molar-refractivity contribution is 0.476. The summed E-state index contributed by atoms with van der Waals surface area (Å²) in [7, 11) is 1.71. The van der Waals surface area contributed by atoms with E-state index in [4.69, 9.17) is 0 Å². The number of pyridine rings is 1. The van der Waals surface area contributed by atoms with Gasteiger partial charge < -0.3 is 14.7 Å². The van der Waals surface area contributed by atoms with Gasteiger partial charge in [0, 0.05) is 29.5 Å². The number of fused-ring (bicyclic) bond motifs is 3. The van der Waals surface area contributed by atoms with E-state index in [1.165, 1.54) is 4.57 Å². The van der Waals surface area contributed by atoms with Crippen molar-refractivity contribution in [2.75, 3.05) is 0 Å². The highest BCUT2D eigenvalue weighted by molar-refractivity contribution is 6.07. The molecule has 0 atom stereocenters. The second-order valence-electron chi connectivity index (χ2n) is 3.88. The highest BCUT2D eigenvalue weighted by Crippen LogP contribution is 2.26. The molecule has 0 aliphatic rings. The molecule has 16 heavy (non-hydrogen) atoms. The zero-order valence-electron chi connectivity index (χ0n) is 8.69. The average Bonchev–Trinajstić information content (AvgIpc) is 2.62. The minimum atomic E-state index is -0.0619. The van der Waals surface area contributed by atoms with E-state index < -0.39 is 0 Å². The van der Waals surface area contributed by atoms with Crippen molar-refractivity contribution in [2.24, 2.45) is 7.05 Å². The van der Waals surface area contributed by atoms with Gasteiger partial charge in [-0.25, -0.2) is 0 Å². The molecule has 4 heteroatoms. The van der Waals surface area contributed by atoms with Crippen LogP contribution in [0.15, 0.2) is 35.3 Å². The lowest BCUT2D eigenvalue weighted by Gasteiger charge is -1.95. The molecule has 0 aliphatic heterocycles.